The standard InChI is InChI=1S/C24H22N2O2S/c1-16-8-7-9-19(12-16)15-25-23(27)22(29-24(25)28)14-20-13-17(2)26(18(20)3)21-10-5-4-6-11-21/h4-14H,15H2,1-3H3/b22-14+. The third-order valence-corrected chi connectivity index (χ3v) is 5.98. The maximum atomic E-state index is 12.9. The Hall–Kier alpha value is -3.05. The Morgan fingerprint density at radius 2 is 1.69 bits per heavy atom. The Bertz CT molecular complexity index is 1130. The maximum Gasteiger partial charge on any atom is 0.293 e. The molecule has 4 rings (SSSR count). The molecule has 0 atom stereocenters. The molecule has 29 heavy (non-hydrogen) atoms. The molecular weight excluding hydrogens is 380 g/mol. The van der Waals surface area contributed by atoms with Gasteiger partial charge in [-0.15, -0.1) is 0 Å². The average Bonchev–Trinajstić information content (AvgIpc) is 3.12. The smallest absolute Gasteiger partial charge is 0.293 e. The summed E-state index contributed by atoms with van der Waals surface area (Å²) in [6.45, 7) is 6.37. The number of nitrogens with zero attached hydrogens (tertiary/aromatic N) is 2. The van der Waals surface area contributed by atoms with Gasteiger partial charge >= 0.3 is 0 Å². The Kier molecular flexibility index (Phi) is 5.16. The highest BCUT2D eigenvalue weighted by Gasteiger charge is 2.35. The molecule has 3 aromatic rings. The molecule has 0 aliphatic carbocycles. The molecular formula is C24H22N2O2S. The minimum absolute atomic E-state index is 0.223. The van der Waals surface area contributed by atoms with E-state index >= 15 is 0 Å². The number of carbonyl (C=O) groups excluding carboxylic acids is 2. The summed E-state index contributed by atoms with van der Waals surface area (Å²) in [4.78, 5) is 27.2. The van der Waals surface area contributed by atoms with Gasteiger partial charge in [0.05, 0.1) is 11.4 Å². The number of thioether (sulfide) groups is 1. The molecule has 4 nitrogen and oxygen atoms in total. The zero-order chi connectivity index (χ0) is 20.5. The van der Waals surface area contributed by atoms with Gasteiger partial charge in [0.25, 0.3) is 11.1 Å². The van der Waals surface area contributed by atoms with Crippen LogP contribution in [-0.2, 0) is 11.3 Å². The fraction of sp³-hybridized carbons (Fsp3) is 0.167. The van der Waals surface area contributed by atoms with Crippen LogP contribution in [0.1, 0.15) is 28.1 Å². The molecule has 0 unspecified atom stereocenters. The maximum absolute atomic E-state index is 12.9. The van der Waals surface area contributed by atoms with Gasteiger partial charge < -0.3 is 4.57 Å². The van der Waals surface area contributed by atoms with Crippen molar-refractivity contribution in [3.05, 3.63) is 93.6 Å². The van der Waals surface area contributed by atoms with E-state index in [0.717, 1.165) is 45.5 Å². The lowest BCUT2D eigenvalue weighted by Crippen LogP contribution is -2.27. The van der Waals surface area contributed by atoms with Gasteiger partial charge in [-0.3, -0.25) is 14.5 Å². The van der Waals surface area contributed by atoms with E-state index < -0.39 is 0 Å². The molecule has 1 aromatic heterocycles. The molecule has 0 N–H and O–H groups in total. The van der Waals surface area contributed by atoms with E-state index in [0.29, 0.717) is 11.4 Å². The van der Waals surface area contributed by atoms with E-state index in [1.165, 1.54) is 4.90 Å². The first-order valence-corrected chi connectivity index (χ1v) is 10.3. The Balaban J connectivity index is 1.63. The van der Waals surface area contributed by atoms with Crippen molar-refractivity contribution in [3.63, 3.8) is 0 Å². The molecule has 0 radical (unpaired) electrons. The van der Waals surface area contributed by atoms with E-state index in [-0.39, 0.29) is 11.1 Å². The van der Waals surface area contributed by atoms with Crippen molar-refractivity contribution in [2.75, 3.05) is 0 Å². The highest BCUT2D eigenvalue weighted by atomic mass is 32.2. The third kappa shape index (κ3) is 3.78. The van der Waals surface area contributed by atoms with Gasteiger partial charge in [-0.25, -0.2) is 0 Å². The van der Waals surface area contributed by atoms with Crippen LogP contribution in [0.3, 0.4) is 0 Å². The predicted molar refractivity (Wildman–Crippen MR) is 118 cm³/mol. The van der Waals surface area contributed by atoms with Crippen molar-refractivity contribution in [1.29, 1.82) is 0 Å². The molecule has 2 aromatic carbocycles. The number of imide groups is 1. The summed E-state index contributed by atoms with van der Waals surface area (Å²) in [6, 6.07) is 20.0. The summed E-state index contributed by atoms with van der Waals surface area (Å²) in [5.41, 5.74) is 6.22. The predicted octanol–water partition coefficient (Wildman–Crippen LogP) is 5.64. The van der Waals surface area contributed by atoms with Crippen molar-refractivity contribution in [2.24, 2.45) is 0 Å². The van der Waals surface area contributed by atoms with Crippen LogP contribution < -0.4 is 0 Å². The first-order chi connectivity index (χ1) is 13.9. The molecule has 0 saturated carbocycles. The zero-order valence-corrected chi connectivity index (χ0v) is 17.5. The van der Waals surface area contributed by atoms with Crippen LogP contribution in [-0.4, -0.2) is 20.6 Å². The monoisotopic (exact) mass is 402 g/mol. The minimum atomic E-state index is -0.231. The summed E-state index contributed by atoms with van der Waals surface area (Å²) >= 11 is 1.01. The van der Waals surface area contributed by atoms with Gasteiger partial charge in [0.2, 0.25) is 0 Å². The number of hydrogen-bond acceptors (Lipinski definition) is 3. The average molecular weight is 403 g/mol. The molecule has 0 spiro atoms. The number of amides is 2. The van der Waals surface area contributed by atoms with Crippen molar-refractivity contribution in [2.45, 2.75) is 27.3 Å². The van der Waals surface area contributed by atoms with E-state index in [9.17, 15) is 9.59 Å². The highest BCUT2D eigenvalue weighted by molar-refractivity contribution is 8.18. The second kappa shape index (κ2) is 7.76. The largest absolute Gasteiger partial charge is 0.318 e. The molecule has 2 heterocycles. The van der Waals surface area contributed by atoms with Gasteiger partial charge in [-0.1, -0.05) is 48.0 Å². The van der Waals surface area contributed by atoms with Crippen LogP contribution in [0.25, 0.3) is 11.8 Å². The van der Waals surface area contributed by atoms with Crippen LogP contribution in [0.2, 0.25) is 0 Å². The number of para-hydroxylation sites is 1. The summed E-state index contributed by atoms with van der Waals surface area (Å²) in [5.74, 6) is -0.231. The molecule has 146 valence electrons. The first-order valence-electron chi connectivity index (χ1n) is 9.49. The number of benzene rings is 2. The number of hydrogen-bond donors (Lipinski definition) is 0. The van der Waals surface area contributed by atoms with E-state index in [1.807, 2.05) is 69.3 Å². The molecule has 0 bridgehead atoms. The molecule has 5 heteroatoms. The van der Waals surface area contributed by atoms with E-state index in [4.69, 9.17) is 0 Å². The van der Waals surface area contributed by atoms with E-state index in [2.05, 4.69) is 22.8 Å². The van der Waals surface area contributed by atoms with Crippen molar-refractivity contribution < 1.29 is 9.59 Å². The topological polar surface area (TPSA) is 42.3 Å². The fourth-order valence-electron chi connectivity index (χ4n) is 3.68. The van der Waals surface area contributed by atoms with Gasteiger partial charge in [0, 0.05) is 17.1 Å². The summed E-state index contributed by atoms with van der Waals surface area (Å²) in [5, 5.41) is -0.223. The van der Waals surface area contributed by atoms with Gasteiger partial charge in [-0.2, -0.15) is 0 Å². The van der Waals surface area contributed by atoms with E-state index in [1.54, 1.807) is 0 Å². The molecule has 1 fully saturated rings. The van der Waals surface area contributed by atoms with Crippen LogP contribution in [0.4, 0.5) is 4.79 Å². The van der Waals surface area contributed by atoms with Crippen LogP contribution >= 0.6 is 11.8 Å². The number of rotatable bonds is 4. The fourth-order valence-corrected chi connectivity index (χ4v) is 4.51. The number of carbonyl (C=O) groups is 2. The molecule has 1 aliphatic rings. The Labute approximate surface area is 174 Å². The lowest BCUT2D eigenvalue weighted by Gasteiger charge is -2.12. The molecule has 1 saturated heterocycles. The van der Waals surface area contributed by atoms with Crippen LogP contribution in [0.5, 0.6) is 0 Å². The van der Waals surface area contributed by atoms with Crippen molar-refractivity contribution >= 4 is 29.0 Å². The van der Waals surface area contributed by atoms with Gasteiger partial charge in [-0.05, 0) is 67.9 Å². The summed E-state index contributed by atoms with van der Waals surface area (Å²) < 4.78 is 2.16. The summed E-state index contributed by atoms with van der Waals surface area (Å²) in [6.07, 6.45) is 1.84. The SMILES string of the molecule is Cc1cccc(CN2C(=O)S/C(=C/c3cc(C)n(-c4ccccc4)c3C)C2=O)c1. The molecule has 2 amide bonds. The van der Waals surface area contributed by atoms with Gasteiger partial charge in [0.1, 0.15) is 0 Å². The van der Waals surface area contributed by atoms with Crippen LogP contribution in [0.15, 0.2) is 65.6 Å². The zero-order valence-electron chi connectivity index (χ0n) is 16.7. The highest BCUT2D eigenvalue weighted by Crippen LogP contribution is 2.34. The lowest BCUT2D eigenvalue weighted by molar-refractivity contribution is -0.123. The van der Waals surface area contributed by atoms with Crippen molar-refractivity contribution in [1.82, 2.24) is 9.47 Å². The third-order valence-electron chi connectivity index (χ3n) is 5.07. The lowest BCUT2D eigenvalue weighted by atomic mass is 10.1. The first kappa shape index (κ1) is 19.3. The quantitative estimate of drug-likeness (QED) is 0.531. The normalized spacial score (nSPS) is 15.6. The minimum Gasteiger partial charge on any atom is -0.318 e. The second-order valence-electron chi connectivity index (χ2n) is 7.25. The Morgan fingerprint density at radius 3 is 2.41 bits per heavy atom. The van der Waals surface area contributed by atoms with Gasteiger partial charge in [0.15, 0.2) is 0 Å². The molecule has 1 aliphatic heterocycles. The number of aromatic nitrogens is 1. The summed E-state index contributed by atoms with van der Waals surface area (Å²) in [7, 11) is 0. The van der Waals surface area contributed by atoms with Crippen molar-refractivity contribution in [3.8, 4) is 5.69 Å². The second-order valence-corrected chi connectivity index (χ2v) is 8.25. The number of aryl methyl sites for hydroxylation is 2. The Morgan fingerprint density at radius 1 is 0.931 bits per heavy atom. The van der Waals surface area contributed by atoms with Crippen LogP contribution in [0, 0.1) is 20.8 Å².